The van der Waals surface area contributed by atoms with E-state index in [4.69, 9.17) is 15.3 Å². The zero-order valence-corrected chi connectivity index (χ0v) is 11.7. The number of halogens is 1. The molecule has 2 aromatic rings. The summed E-state index contributed by atoms with van der Waals surface area (Å²) in [4.78, 5) is 3.91. The summed E-state index contributed by atoms with van der Waals surface area (Å²) in [5, 5.41) is 17.9. The van der Waals surface area contributed by atoms with Crippen LogP contribution in [0.5, 0.6) is 5.75 Å². The third-order valence-corrected chi connectivity index (χ3v) is 3.13. The van der Waals surface area contributed by atoms with Gasteiger partial charge in [-0.25, -0.2) is 4.98 Å². The van der Waals surface area contributed by atoms with Crippen molar-refractivity contribution < 1.29 is 4.74 Å². The predicted octanol–water partition coefficient (Wildman–Crippen LogP) is 2.45. The lowest BCUT2D eigenvalue weighted by molar-refractivity contribution is 0.408. The van der Waals surface area contributed by atoms with Crippen LogP contribution in [0.4, 0.5) is 0 Å². The van der Waals surface area contributed by atoms with Crippen LogP contribution in [-0.2, 0) is 6.54 Å². The Balaban J connectivity index is 2.42. The molecule has 1 aromatic heterocycles. The second-order valence-corrected chi connectivity index (χ2v) is 4.67. The zero-order valence-electron chi connectivity index (χ0n) is 10.1. The molecule has 0 fully saturated rings. The molecule has 1 heterocycles. The molecule has 0 N–H and O–H groups in total. The molecule has 0 amide bonds. The average molecular weight is 317 g/mol. The Labute approximate surface area is 118 Å². The van der Waals surface area contributed by atoms with E-state index in [0.29, 0.717) is 6.54 Å². The van der Waals surface area contributed by atoms with Gasteiger partial charge in [0.15, 0.2) is 11.4 Å². The fraction of sp³-hybridized carbons (Fsp3) is 0.154. The molecule has 1 aromatic carbocycles. The fourth-order valence-corrected chi connectivity index (χ4v) is 2.16. The van der Waals surface area contributed by atoms with E-state index in [1.165, 1.54) is 6.33 Å². The van der Waals surface area contributed by atoms with Crippen molar-refractivity contribution in [3.63, 3.8) is 0 Å². The van der Waals surface area contributed by atoms with Crippen LogP contribution in [0.25, 0.3) is 0 Å². The van der Waals surface area contributed by atoms with Gasteiger partial charge in [-0.15, -0.1) is 0 Å². The smallest absolute Gasteiger partial charge is 0.176 e. The molecule has 6 heteroatoms. The first-order valence-corrected chi connectivity index (χ1v) is 6.16. The molecule has 0 aliphatic heterocycles. The van der Waals surface area contributed by atoms with Crippen molar-refractivity contribution in [2.75, 3.05) is 7.11 Å². The van der Waals surface area contributed by atoms with Crippen molar-refractivity contribution >= 4 is 15.9 Å². The monoisotopic (exact) mass is 316 g/mol. The van der Waals surface area contributed by atoms with E-state index >= 15 is 0 Å². The molecule has 0 spiro atoms. The van der Waals surface area contributed by atoms with Crippen LogP contribution in [0.3, 0.4) is 0 Å². The van der Waals surface area contributed by atoms with E-state index in [2.05, 4.69) is 20.9 Å². The fourth-order valence-electron chi connectivity index (χ4n) is 1.76. The van der Waals surface area contributed by atoms with Gasteiger partial charge in [-0.3, -0.25) is 0 Å². The van der Waals surface area contributed by atoms with Gasteiger partial charge in [-0.2, -0.15) is 10.5 Å². The number of ether oxygens (including phenoxy) is 1. The molecule has 0 aliphatic carbocycles. The van der Waals surface area contributed by atoms with E-state index in [0.717, 1.165) is 15.8 Å². The number of imidazole rings is 1. The van der Waals surface area contributed by atoms with Crippen molar-refractivity contribution in [3.8, 4) is 17.9 Å². The van der Waals surface area contributed by atoms with Crippen molar-refractivity contribution in [3.05, 3.63) is 46.0 Å². The third-order valence-electron chi connectivity index (χ3n) is 2.63. The number of aromatic nitrogens is 2. The summed E-state index contributed by atoms with van der Waals surface area (Å²) >= 11 is 3.40. The van der Waals surface area contributed by atoms with Crippen molar-refractivity contribution in [2.24, 2.45) is 0 Å². The molecule has 0 saturated heterocycles. The van der Waals surface area contributed by atoms with Crippen LogP contribution < -0.4 is 4.74 Å². The first-order chi connectivity index (χ1) is 9.19. The first-order valence-electron chi connectivity index (χ1n) is 5.37. The zero-order chi connectivity index (χ0) is 13.8. The summed E-state index contributed by atoms with van der Waals surface area (Å²) in [6.45, 7) is 0.417. The summed E-state index contributed by atoms with van der Waals surface area (Å²) in [6.07, 6.45) is 1.48. The molecule has 0 aliphatic rings. The molecule has 2 rings (SSSR count). The first kappa shape index (κ1) is 13.1. The van der Waals surface area contributed by atoms with E-state index in [1.807, 2.05) is 30.3 Å². The minimum Gasteiger partial charge on any atom is -0.496 e. The van der Waals surface area contributed by atoms with Gasteiger partial charge in [0.05, 0.1) is 20.0 Å². The minimum atomic E-state index is 0.136. The van der Waals surface area contributed by atoms with Crippen LogP contribution in [0, 0.1) is 22.7 Å². The van der Waals surface area contributed by atoms with Crippen LogP contribution in [0.1, 0.15) is 17.0 Å². The Morgan fingerprint density at radius 2 is 2.16 bits per heavy atom. The summed E-state index contributed by atoms with van der Waals surface area (Å²) in [6, 6.07) is 9.52. The Bertz CT molecular complexity index is 694. The van der Waals surface area contributed by atoms with E-state index in [9.17, 15) is 0 Å². The lowest BCUT2D eigenvalue weighted by Gasteiger charge is -2.10. The summed E-state index contributed by atoms with van der Waals surface area (Å²) in [5.74, 6) is 0.722. The van der Waals surface area contributed by atoms with Crippen LogP contribution >= 0.6 is 15.9 Å². The lowest BCUT2D eigenvalue weighted by atomic mass is 10.2. The maximum Gasteiger partial charge on any atom is 0.176 e. The number of nitrogens with zero attached hydrogens (tertiary/aromatic N) is 4. The molecule has 0 atom stereocenters. The van der Waals surface area contributed by atoms with Crippen molar-refractivity contribution in [1.82, 2.24) is 9.55 Å². The maximum absolute atomic E-state index is 9.08. The average Bonchev–Trinajstić information content (AvgIpc) is 2.81. The standard InChI is InChI=1S/C13H9BrN4O/c1-19-13-3-2-10(14)4-9(13)7-18-8-17-11(5-15)12(18)6-16/h2-4,8H,7H2,1H3. The number of hydrogen-bond donors (Lipinski definition) is 0. The van der Waals surface area contributed by atoms with Gasteiger partial charge < -0.3 is 9.30 Å². The highest BCUT2D eigenvalue weighted by molar-refractivity contribution is 9.10. The van der Waals surface area contributed by atoms with Gasteiger partial charge in [0.25, 0.3) is 0 Å². The Hall–Kier alpha value is -2.31. The van der Waals surface area contributed by atoms with Gasteiger partial charge in [0.1, 0.15) is 17.9 Å². The molecule has 0 bridgehead atoms. The highest BCUT2D eigenvalue weighted by Crippen LogP contribution is 2.24. The Kier molecular flexibility index (Phi) is 3.84. The molecule has 94 valence electrons. The van der Waals surface area contributed by atoms with Gasteiger partial charge in [0, 0.05) is 10.0 Å². The number of benzene rings is 1. The van der Waals surface area contributed by atoms with E-state index in [-0.39, 0.29) is 11.4 Å². The highest BCUT2D eigenvalue weighted by atomic mass is 79.9. The van der Waals surface area contributed by atoms with Crippen LogP contribution in [0.15, 0.2) is 29.0 Å². The van der Waals surface area contributed by atoms with Gasteiger partial charge in [-0.05, 0) is 18.2 Å². The number of hydrogen-bond acceptors (Lipinski definition) is 4. The molecule has 0 saturated carbocycles. The maximum atomic E-state index is 9.08. The predicted molar refractivity (Wildman–Crippen MR) is 71.5 cm³/mol. The van der Waals surface area contributed by atoms with Gasteiger partial charge >= 0.3 is 0 Å². The second kappa shape index (κ2) is 5.55. The topological polar surface area (TPSA) is 74.6 Å². The lowest BCUT2D eigenvalue weighted by Crippen LogP contribution is -2.03. The van der Waals surface area contributed by atoms with Gasteiger partial charge in [-0.1, -0.05) is 15.9 Å². The Morgan fingerprint density at radius 3 is 2.79 bits per heavy atom. The molecular formula is C13H9BrN4O. The normalized spacial score (nSPS) is 9.68. The largest absolute Gasteiger partial charge is 0.496 e. The number of rotatable bonds is 3. The van der Waals surface area contributed by atoms with Crippen LogP contribution in [-0.4, -0.2) is 16.7 Å². The molecule has 5 nitrogen and oxygen atoms in total. The van der Waals surface area contributed by atoms with Crippen molar-refractivity contribution in [1.29, 1.82) is 10.5 Å². The molecule has 0 radical (unpaired) electrons. The number of methoxy groups -OCH3 is 1. The third kappa shape index (κ3) is 2.59. The highest BCUT2D eigenvalue weighted by Gasteiger charge is 2.12. The number of nitriles is 2. The van der Waals surface area contributed by atoms with E-state index in [1.54, 1.807) is 11.7 Å². The van der Waals surface area contributed by atoms with Gasteiger partial charge in [0.2, 0.25) is 0 Å². The quantitative estimate of drug-likeness (QED) is 0.871. The molecule has 0 unspecified atom stereocenters. The molecular weight excluding hydrogens is 308 g/mol. The summed E-state index contributed by atoms with van der Waals surface area (Å²) in [5.41, 5.74) is 1.29. The SMILES string of the molecule is COc1ccc(Br)cc1Cn1cnc(C#N)c1C#N. The molecule has 19 heavy (non-hydrogen) atoms. The summed E-state index contributed by atoms with van der Waals surface area (Å²) in [7, 11) is 1.59. The minimum absolute atomic E-state index is 0.136. The Morgan fingerprint density at radius 1 is 1.37 bits per heavy atom. The van der Waals surface area contributed by atoms with E-state index < -0.39 is 0 Å². The second-order valence-electron chi connectivity index (χ2n) is 3.75. The van der Waals surface area contributed by atoms with Crippen molar-refractivity contribution in [2.45, 2.75) is 6.54 Å². The summed E-state index contributed by atoms with van der Waals surface area (Å²) < 4.78 is 7.82. The van der Waals surface area contributed by atoms with Crippen LogP contribution in [0.2, 0.25) is 0 Å².